The van der Waals surface area contributed by atoms with Crippen LogP contribution < -0.4 is 4.74 Å². The van der Waals surface area contributed by atoms with Gasteiger partial charge in [-0.3, -0.25) is 4.68 Å². The van der Waals surface area contributed by atoms with E-state index in [1.807, 2.05) is 45.0 Å². The van der Waals surface area contributed by atoms with Crippen molar-refractivity contribution in [1.29, 1.82) is 0 Å². The average Bonchev–Trinajstić information content (AvgIpc) is 3.18. The van der Waals surface area contributed by atoms with Crippen LogP contribution in [0.3, 0.4) is 0 Å². The second-order valence-corrected chi connectivity index (χ2v) is 8.91. The standard InChI is InChI=1S/C27H24ClF3N2O2/c1-15-5-7-18(8-6-15)17(3)35-23-12-10-20(22-14-24(27(29,30)31)32-33(22)4)26(34)25(23)19-9-11-21(28)16(2)13-19/h5-14,17,34H,1-4H3/t17-/m0/s1. The predicted molar refractivity (Wildman–Crippen MR) is 131 cm³/mol. The van der Waals surface area contributed by atoms with E-state index in [0.717, 1.165) is 27.4 Å². The van der Waals surface area contributed by atoms with Crippen LogP contribution in [0.5, 0.6) is 11.5 Å². The molecule has 0 saturated heterocycles. The van der Waals surface area contributed by atoms with Crippen molar-refractivity contribution in [2.45, 2.75) is 33.1 Å². The van der Waals surface area contributed by atoms with Crippen LogP contribution in [0.4, 0.5) is 13.2 Å². The molecule has 35 heavy (non-hydrogen) atoms. The van der Waals surface area contributed by atoms with Crippen molar-refractivity contribution in [3.05, 3.63) is 88.1 Å². The number of halogens is 4. The van der Waals surface area contributed by atoms with Gasteiger partial charge in [0.05, 0.1) is 11.3 Å². The van der Waals surface area contributed by atoms with Crippen molar-refractivity contribution in [2.24, 2.45) is 7.05 Å². The number of ether oxygens (including phenoxy) is 1. The number of hydrogen-bond acceptors (Lipinski definition) is 3. The summed E-state index contributed by atoms with van der Waals surface area (Å²) < 4.78 is 47.1. The Morgan fingerprint density at radius 3 is 2.29 bits per heavy atom. The van der Waals surface area contributed by atoms with E-state index in [2.05, 4.69) is 5.10 Å². The van der Waals surface area contributed by atoms with E-state index in [1.54, 1.807) is 24.3 Å². The van der Waals surface area contributed by atoms with Crippen molar-refractivity contribution in [3.8, 4) is 33.9 Å². The minimum atomic E-state index is -4.60. The van der Waals surface area contributed by atoms with E-state index in [4.69, 9.17) is 16.3 Å². The summed E-state index contributed by atoms with van der Waals surface area (Å²) in [4.78, 5) is 0. The quantitative estimate of drug-likeness (QED) is 0.303. The Morgan fingerprint density at radius 1 is 1.00 bits per heavy atom. The normalized spacial score (nSPS) is 12.6. The Bertz CT molecular complexity index is 1380. The first-order valence-electron chi connectivity index (χ1n) is 10.9. The lowest BCUT2D eigenvalue weighted by atomic mass is 9.97. The molecule has 0 fully saturated rings. The molecular weight excluding hydrogens is 477 g/mol. The third kappa shape index (κ3) is 5.00. The maximum absolute atomic E-state index is 13.2. The number of hydrogen-bond donors (Lipinski definition) is 1. The summed E-state index contributed by atoms with van der Waals surface area (Å²) >= 11 is 6.21. The van der Waals surface area contributed by atoms with E-state index in [1.165, 1.54) is 13.1 Å². The SMILES string of the molecule is Cc1ccc([C@H](C)Oc2ccc(-c3cc(C(F)(F)F)nn3C)c(O)c2-c2ccc(Cl)c(C)c2)cc1. The van der Waals surface area contributed by atoms with Gasteiger partial charge in [0.2, 0.25) is 0 Å². The molecule has 4 rings (SSSR count). The van der Waals surface area contributed by atoms with Crippen LogP contribution in [0, 0.1) is 13.8 Å². The molecule has 0 bridgehead atoms. The molecule has 0 aliphatic heterocycles. The molecule has 4 aromatic rings. The van der Waals surface area contributed by atoms with Crippen LogP contribution in [-0.4, -0.2) is 14.9 Å². The molecule has 0 saturated carbocycles. The molecule has 8 heteroatoms. The van der Waals surface area contributed by atoms with Crippen molar-refractivity contribution in [3.63, 3.8) is 0 Å². The number of aromatic nitrogens is 2. The summed E-state index contributed by atoms with van der Waals surface area (Å²) in [7, 11) is 1.40. The first kappa shape index (κ1) is 24.7. The van der Waals surface area contributed by atoms with E-state index < -0.39 is 11.9 Å². The number of aromatic hydroxyl groups is 1. The zero-order chi connectivity index (χ0) is 25.5. The highest BCUT2D eigenvalue weighted by atomic mass is 35.5. The second kappa shape index (κ2) is 9.30. The van der Waals surface area contributed by atoms with Gasteiger partial charge in [-0.1, -0.05) is 47.5 Å². The highest BCUT2D eigenvalue weighted by Gasteiger charge is 2.35. The third-order valence-electron chi connectivity index (χ3n) is 5.88. The van der Waals surface area contributed by atoms with Crippen molar-refractivity contribution in [2.75, 3.05) is 0 Å². The molecule has 1 heterocycles. The molecule has 0 aliphatic carbocycles. The lowest BCUT2D eigenvalue weighted by Gasteiger charge is -2.21. The van der Waals surface area contributed by atoms with Gasteiger partial charge in [-0.2, -0.15) is 18.3 Å². The highest BCUT2D eigenvalue weighted by molar-refractivity contribution is 6.31. The van der Waals surface area contributed by atoms with Gasteiger partial charge >= 0.3 is 6.18 Å². The second-order valence-electron chi connectivity index (χ2n) is 8.51. The average molecular weight is 501 g/mol. The highest BCUT2D eigenvalue weighted by Crippen LogP contribution is 2.46. The Morgan fingerprint density at radius 2 is 1.69 bits per heavy atom. The summed E-state index contributed by atoms with van der Waals surface area (Å²) in [6.45, 7) is 5.72. The number of alkyl halides is 3. The number of phenols is 1. The fourth-order valence-corrected chi connectivity index (χ4v) is 4.03. The lowest BCUT2D eigenvalue weighted by Crippen LogP contribution is -2.06. The van der Waals surface area contributed by atoms with Crippen LogP contribution in [0.15, 0.2) is 60.7 Å². The topological polar surface area (TPSA) is 47.3 Å². The molecule has 1 N–H and O–H groups in total. The van der Waals surface area contributed by atoms with Crippen LogP contribution in [0.25, 0.3) is 22.4 Å². The summed E-state index contributed by atoms with van der Waals surface area (Å²) in [5, 5.41) is 15.5. The Hall–Kier alpha value is -3.45. The van der Waals surface area contributed by atoms with Gasteiger partial charge < -0.3 is 9.84 Å². The molecule has 1 atom stereocenters. The Balaban J connectivity index is 1.86. The predicted octanol–water partition coefficient (Wildman–Crippen LogP) is 7.89. The Labute approximate surface area is 206 Å². The molecule has 182 valence electrons. The van der Waals surface area contributed by atoms with Crippen LogP contribution in [0.2, 0.25) is 5.02 Å². The third-order valence-corrected chi connectivity index (χ3v) is 6.31. The summed E-state index contributed by atoms with van der Waals surface area (Å²) in [6.07, 6.45) is -4.95. The van der Waals surface area contributed by atoms with E-state index in [-0.39, 0.29) is 23.1 Å². The first-order chi connectivity index (χ1) is 16.5. The number of aryl methyl sites for hydroxylation is 3. The monoisotopic (exact) mass is 500 g/mol. The molecule has 0 radical (unpaired) electrons. The zero-order valence-electron chi connectivity index (χ0n) is 19.6. The van der Waals surface area contributed by atoms with Gasteiger partial charge in [-0.25, -0.2) is 0 Å². The van der Waals surface area contributed by atoms with Gasteiger partial charge in [0.15, 0.2) is 5.69 Å². The fourth-order valence-electron chi connectivity index (χ4n) is 3.91. The smallest absolute Gasteiger partial charge is 0.435 e. The van der Waals surface area contributed by atoms with Crippen LogP contribution in [-0.2, 0) is 13.2 Å². The maximum atomic E-state index is 13.2. The summed E-state index contributed by atoms with van der Waals surface area (Å²) in [5.41, 5.74) is 3.12. The lowest BCUT2D eigenvalue weighted by molar-refractivity contribution is -0.141. The number of rotatable bonds is 5. The summed E-state index contributed by atoms with van der Waals surface area (Å²) in [6, 6.07) is 17.3. The molecule has 0 aliphatic rings. The first-order valence-corrected chi connectivity index (χ1v) is 11.3. The molecule has 1 aromatic heterocycles. The van der Waals surface area contributed by atoms with Crippen LogP contribution in [0.1, 0.15) is 35.4 Å². The van der Waals surface area contributed by atoms with Crippen LogP contribution >= 0.6 is 11.6 Å². The summed E-state index contributed by atoms with van der Waals surface area (Å²) in [5.74, 6) is 0.177. The molecule has 4 nitrogen and oxygen atoms in total. The largest absolute Gasteiger partial charge is 0.506 e. The van der Waals surface area contributed by atoms with Crippen molar-refractivity contribution >= 4 is 11.6 Å². The van der Waals surface area contributed by atoms with Crippen molar-refractivity contribution in [1.82, 2.24) is 9.78 Å². The number of phenolic OH excluding ortho intramolecular Hbond substituents is 1. The van der Waals surface area contributed by atoms with Gasteiger partial charge in [0.1, 0.15) is 17.6 Å². The van der Waals surface area contributed by atoms with Gasteiger partial charge in [0, 0.05) is 17.6 Å². The molecule has 3 aromatic carbocycles. The Kier molecular flexibility index (Phi) is 6.56. The molecule has 0 unspecified atom stereocenters. The minimum absolute atomic E-state index is 0.125. The molecule has 0 spiro atoms. The number of nitrogens with zero attached hydrogens (tertiary/aromatic N) is 2. The van der Waals surface area contributed by atoms with E-state index >= 15 is 0 Å². The fraction of sp³-hybridized carbons (Fsp3) is 0.222. The molecule has 0 amide bonds. The van der Waals surface area contributed by atoms with E-state index in [0.29, 0.717) is 21.9 Å². The van der Waals surface area contributed by atoms with Gasteiger partial charge in [0.25, 0.3) is 0 Å². The van der Waals surface area contributed by atoms with Gasteiger partial charge in [-0.05, 0) is 67.8 Å². The number of benzene rings is 3. The maximum Gasteiger partial charge on any atom is 0.435 e. The zero-order valence-corrected chi connectivity index (χ0v) is 20.4. The minimum Gasteiger partial charge on any atom is -0.506 e. The van der Waals surface area contributed by atoms with Crippen molar-refractivity contribution < 1.29 is 23.0 Å². The van der Waals surface area contributed by atoms with Gasteiger partial charge in [-0.15, -0.1) is 0 Å². The van der Waals surface area contributed by atoms with E-state index in [9.17, 15) is 18.3 Å². The molecular formula is C27H24ClF3N2O2.